The topological polar surface area (TPSA) is 89.4 Å². The normalized spacial score (nSPS) is 17.8. The van der Waals surface area contributed by atoms with Crippen molar-refractivity contribution < 1.29 is 22.7 Å². The summed E-state index contributed by atoms with van der Waals surface area (Å²) < 4.78 is 48.2. The van der Waals surface area contributed by atoms with Crippen molar-refractivity contribution in [3.63, 3.8) is 0 Å². The molecule has 4 rings (SSSR count). The summed E-state index contributed by atoms with van der Waals surface area (Å²) in [6.07, 6.45) is -3.38. The van der Waals surface area contributed by atoms with Crippen LogP contribution in [0.25, 0.3) is 10.9 Å². The average molecular weight is 520 g/mol. The number of amides is 1. The Bertz CT molecular complexity index is 1310. The van der Waals surface area contributed by atoms with Crippen LogP contribution >= 0.6 is 0 Å². The van der Waals surface area contributed by atoms with Crippen LogP contribution in [-0.2, 0) is 24.5 Å². The van der Waals surface area contributed by atoms with Crippen molar-refractivity contribution in [1.82, 2.24) is 19.4 Å². The zero-order chi connectivity index (χ0) is 27.5. The second-order valence-corrected chi connectivity index (χ2v) is 8.80. The van der Waals surface area contributed by atoms with Crippen molar-refractivity contribution in [2.45, 2.75) is 59.5 Å². The molecule has 1 aliphatic heterocycles. The van der Waals surface area contributed by atoms with E-state index in [0.29, 0.717) is 30.3 Å². The van der Waals surface area contributed by atoms with Gasteiger partial charge in [0, 0.05) is 32.9 Å². The van der Waals surface area contributed by atoms with Crippen LogP contribution in [0.1, 0.15) is 55.0 Å². The molecular weight excluding hydrogens is 487 g/mol. The highest BCUT2D eigenvalue weighted by atomic mass is 19.4. The molecule has 1 N–H and O–H groups in total. The predicted octanol–water partition coefficient (Wildman–Crippen LogP) is 4.54. The molecule has 11 heteroatoms. The summed E-state index contributed by atoms with van der Waals surface area (Å²) >= 11 is 0. The lowest BCUT2D eigenvalue weighted by Gasteiger charge is -2.35. The van der Waals surface area contributed by atoms with Crippen LogP contribution in [0.5, 0.6) is 0 Å². The van der Waals surface area contributed by atoms with Crippen molar-refractivity contribution in [2.24, 2.45) is 7.05 Å². The van der Waals surface area contributed by atoms with Crippen molar-refractivity contribution >= 4 is 22.6 Å². The summed E-state index contributed by atoms with van der Waals surface area (Å²) in [7, 11) is 1.52. The number of hydrogen-bond donors (Lipinski definition) is 1. The van der Waals surface area contributed by atoms with Gasteiger partial charge < -0.3 is 15.0 Å². The minimum absolute atomic E-state index is 0.00517. The van der Waals surface area contributed by atoms with Crippen molar-refractivity contribution in [3.8, 4) is 0 Å². The third-order valence-corrected chi connectivity index (χ3v) is 6.01. The lowest BCUT2D eigenvalue weighted by molar-refractivity contribution is -0.138. The number of pyridine rings is 1. The molecule has 37 heavy (non-hydrogen) atoms. The van der Waals surface area contributed by atoms with Gasteiger partial charge in [-0.05, 0) is 50.6 Å². The molecule has 3 heterocycles. The Morgan fingerprint density at radius 2 is 1.81 bits per heavy atom. The summed E-state index contributed by atoms with van der Waals surface area (Å²) in [6.45, 7) is 10.1. The summed E-state index contributed by atoms with van der Waals surface area (Å²) in [4.78, 5) is 35.4. The fraction of sp³-hybridized carbons (Fsp3) is 0.462. The number of nitrogens with one attached hydrogen (secondary N) is 1. The van der Waals surface area contributed by atoms with Gasteiger partial charge in [0.15, 0.2) is 0 Å². The lowest BCUT2D eigenvalue weighted by atomic mass is 10.0. The van der Waals surface area contributed by atoms with Crippen molar-refractivity contribution in [1.29, 1.82) is 0 Å². The molecule has 2 aromatic heterocycles. The number of morpholine rings is 1. The number of ether oxygens (including phenoxy) is 1. The summed E-state index contributed by atoms with van der Waals surface area (Å²) in [6, 6.07) is 5.24. The van der Waals surface area contributed by atoms with Gasteiger partial charge in [-0.25, -0.2) is 9.97 Å². The maximum atomic E-state index is 13.8. The van der Waals surface area contributed by atoms with Crippen LogP contribution in [-0.4, -0.2) is 50.6 Å². The second-order valence-electron chi connectivity index (χ2n) is 8.80. The largest absolute Gasteiger partial charge is 0.416 e. The van der Waals surface area contributed by atoms with Crippen LogP contribution in [0.15, 0.2) is 35.3 Å². The highest BCUT2D eigenvalue weighted by molar-refractivity contribution is 5.94. The van der Waals surface area contributed by atoms with E-state index < -0.39 is 17.3 Å². The van der Waals surface area contributed by atoms with E-state index in [0.717, 1.165) is 6.07 Å². The molecule has 1 fully saturated rings. The molecule has 200 valence electrons. The maximum Gasteiger partial charge on any atom is 0.416 e. The number of halogens is 3. The third kappa shape index (κ3) is 6.27. The number of benzene rings is 1. The van der Waals surface area contributed by atoms with Gasteiger partial charge in [0.2, 0.25) is 0 Å². The summed E-state index contributed by atoms with van der Waals surface area (Å²) in [5.74, 6) is 0.438. The first-order valence-electron chi connectivity index (χ1n) is 12.2. The molecule has 2 atom stereocenters. The van der Waals surface area contributed by atoms with Crippen LogP contribution in [0.4, 0.5) is 19.0 Å². The molecule has 1 saturated heterocycles. The zero-order valence-electron chi connectivity index (χ0n) is 21.8. The van der Waals surface area contributed by atoms with Gasteiger partial charge in [-0.1, -0.05) is 13.8 Å². The van der Waals surface area contributed by atoms with E-state index in [1.54, 1.807) is 24.0 Å². The van der Waals surface area contributed by atoms with Gasteiger partial charge in [0.05, 0.1) is 34.2 Å². The average Bonchev–Trinajstić information content (AvgIpc) is 2.86. The van der Waals surface area contributed by atoms with Crippen LogP contribution in [0.3, 0.4) is 0 Å². The standard InChI is InChI=1S/C24H26F3N5O3.C2H6/c1-13-11-32(12-14(2)35-13)22(33)16-5-6-21(28-9-16)29-10-17-7-18-20(8-19(17)24(25,26)27)30-15(3)31(4)23(18)34;1-2/h5-9,13-14H,10-12H2,1-4H3,(H,28,29);1-2H3. The Hall–Kier alpha value is -3.47. The van der Waals surface area contributed by atoms with E-state index in [1.807, 2.05) is 27.7 Å². The minimum Gasteiger partial charge on any atom is -0.372 e. The molecule has 0 radical (unpaired) electrons. The third-order valence-electron chi connectivity index (χ3n) is 6.01. The number of aromatic nitrogens is 3. The van der Waals surface area contributed by atoms with E-state index in [1.165, 1.54) is 23.9 Å². The second kappa shape index (κ2) is 11.3. The lowest BCUT2D eigenvalue weighted by Crippen LogP contribution is -2.48. The van der Waals surface area contributed by atoms with Gasteiger partial charge in [-0.3, -0.25) is 14.2 Å². The Labute approximate surface area is 213 Å². The number of anilines is 1. The molecule has 1 amide bonds. The minimum atomic E-state index is -4.63. The fourth-order valence-corrected chi connectivity index (χ4v) is 4.22. The Morgan fingerprint density at radius 1 is 1.16 bits per heavy atom. The van der Waals surface area contributed by atoms with Gasteiger partial charge in [-0.2, -0.15) is 13.2 Å². The van der Waals surface area contributed by atoms with Crippen LogP contribution < -0.4 is 10.9 Å². The maximum absolute atomic E-state index is 13.8. The Balaban J connectivity index is 0.00000186. The smallest absolute Gasteiger partial charge is 0.372 e. The number of alkyl halides is 3. The van der Waals surface area contributed by atoms with Crippen LogP contribution in [0.2, 0.25) is 0 Å². The van der Waals surface area contributed by atoms with E-state index in [-0.39, 0.29) is 41.1 Å². The molecule has 1 aliphatic rings. The molecule has 0 saturated carbocycles. The van der Waals surface area contributed by atoms with Gasteiger partial charge in [0.1, 0.15) is 11.6 Å². The Kier molecular flexibility index (Phi) is 8.57. The Morgan fingerprint density at radius 3 is 2.38 bits per heavy atom. The van der Waals surface area contributed by atoms with Crippen molar-refractivity contribution in [2.75, 3.05) is 18.4 Å². The first-order chi connectivity index (χ1) is 17.4. The predicted molar refractivity (Wildman–Crippen MR) is 136 cm³/mol. The number of carbonyl (C=O) groups is 1. The van der Waals surface area contributed by atoms with Crippen molar-refractivity contribution in [3.05, 3.63) is 63.3 Å². The first kappa shape index (κ1) is 28.1. The highest BCUT2D eigenvalue weighted by Gasteiger charge is 2.34. The molecule has 1 aromatic carbocycles. The number of carbonyl (C=O) groups excluding carboxylic acids is 1. The van der Waals surface area contributed by atoms with Crippen LogP contribution in [0, 0.1) is 6.92 Å². The molecule has 0 bridgehead atoms. The monoisotopic (exact) mass is 519 g/mol. The highest BCUT2D eigenvalue weighted by Crippen LogP contribution is 2.34. The number of aryl methyl sites for hydroxylation is 1. The molecular formula is C26H32F3N5O3. The molecule has 3 aromatic rings. The zero-order valence-corrected chi connectivity index (χ0v) is 21.8. The quantitative estimate of drug-likeness (QED) is 0.544. The van der Waals surface area contributed by atoms with E-state index in [2.05, 4.69) is 15.3 Å². The van der Waals surface area contributed by atoms with Gasteiger partial charge in [0.25, 0.3) is 11.5 Å². The van der Waals surface area contributed by atoms with Gasteiger partial charge >= 0.3 is 6.18 Å². The molecule has 0 aliphatic carbocycles. The SMILES string of the molecule is CC.Cc1nc2cc(C(F)(F)F)c(CNc3ccc(C(=O)N4CC(C)OC(C)C4)cn3)cc2c(=O)n1C. The molecule has 2 unspecified atom stereocenters. The fourth-order valence-electron chi connectivity index (χ4n) is 4.22. The summed E-state index contributed by atoms with van der Waals surface area (Å²) in [5, 5.41) is 2.96. The molecule has 0 spiro atoms. The number of rotatable bonds is 4. The number of hydrogen-bond acceptors (Lipinski definition) is 6. The summed E-state index contributed by atoms with van der Waals surface area (Å²) in [5.41, 5.74) is -1.03. The molecule has 8 nitrogen and oxygen atoms in total. The number of nitrogens with zero attached hydrogens (tertiary/aromatic N) is 4. The van der Waals surface area contributed by atoms with E-state index >= 15 is 0 Å². The van der Waals surface area contributed by atoms with E-state index in [9.17, 15) is 22.8 Å². The first-order valence-corrected chi connectivity index (χ1v) is 12.2. The number of fused-ring (bicyclic) bond motifs is 1. The van der Waals surface area contributed by atoms with Gasteiger partial charge in [-0.15, -0.1) is 0 Å². The van der Waals surface area contributed by atoms with E-state index in [4.69, 9.17) is 4.74 Å².